The first-order valence-electron chi connectivity index (χ1n) is 8.11. The molecule has 1 aliphatic rings. The lowest BCUT2D eigenvalue weighted by Crippen LogP contribution is -2.41. The third-order valence-electron chi connectivity index (χ3n) is 4.55. The van der Waals surface area contributed by atoms with E-state index < -0.39 is 0 Å². The molecule has 0 aliphatic carbocycles. The standard InChI is InChI=1S/C17H22N4O2/c1-18-8-5-13-6-10-20(11-7-13)16(22)14-12-19-15-4-2-3-9-21(15)17(14)23/h2-4,9,12-13,18H,5-8,10-11H2,1H3. The van der Waals surface area contributed by atoms with E-state index in [0.717, 1.165) is 25.8 Å². The van der Waals surface area contributed by atoms with E-state index in [-0.39, 0.29) is 17.0 Å². The van der Waals surface area contributed by atoms with Gasteiger partial charge in [0.1, 0.15) is 11.2 Å². The summed E-state index contributed by atoms with van der Waals surface area (Å²) in [5, 5.41) is 3.17. The molecular weight excluding hydrogens is 292 g/mol. The maximum Gasteiger partial charge on any atom is 0.270 e. The Balaban J connectivity index is 1.74. The highest BCUT2D eigenvalue weighted by molar-refractivity contribution is 5.93. The molecule has 6 nitrogen and oxygen atoms in total. The van der Waals surface area contributed by atoms with Gasteiger partial charge in [0.25, 0.3) is 11.5 Å². The first-order chi connectivity index (χ1) is 11.2. The lowest BCUT2D eigenvalue weighted by Gasteiger charge is -2.31. The predicted octanol–water partition coefficient (Wildman–Crippen LogP) is 1.16. The highest BCUT2D eigenvalue weighted by Gasteiger charge is 2.25. The fourth-order valence-electron chi connectivity index (χ4n) is 3.12. The summed E-state index contributed by atoms with van der Waals surface area (Å²) in [5.74, 6) is 0.454. The van der Waals surface area contributed by atoms with Crippen molar-refractivity contribution in [1.82, 2.24) is 19.6 Å². The second kappa shape index (κ2) is 6.91. The van der Waals surface area contributed by atoms with Gasteiger partial charge in [-0.1, -0.05) is 6.07 Å². The minimum Gasteiger partial charge on any atom is -0.338 e. The summed E-state index contributed by atoms with van der Waals surface area (Å²) in [6.45, 7) is 2.43. The number of likely N-dealkylation sites (tertiary alicyclic amines) is 1. The molecule has 0 spiro atoms. The highest BCUT2D eigenvalue weighted by Crippen LogP contribution is 2.20. The van der Waals surface area contributed by atoms with E-state index in [1.54, 1.807) is 23.2 Å². The largest absolute Gasteiger partial charge is 0.338 e. The van der Waals surface area contributed by atoms with Crippen LogP contribution in [0, 0.1) is 5.92 Å². The van der Waals surface area contributed by atoms with Gasteiger partial charge in [-0.2, -0.15) is 0 Å². The van der Waals surface area contributed by atoms with Gasteiger partial charge in [-0.3, -0.25) is 14.0 Å². The summed E-state index contributed by atoms with van der Waals surface area (Å²) in [6.07, 6.45) is 6.18. The number of nitrogens with zero attached hydrogens (tertiary/aromatic N) is 3. The fraction of sp³-hybridized carbons (Fsp3) is 0.471. The molecule has 1 fully saturated rings. The Hall–Kier alpha value is -2.21. The second-order valence-corrected chi connectivity index (χ2v) is 6.03. The van der Waals surface area contributed by atoms with Crippen LogP contribution in [0.5, 0.6) is 0 Å². The summed E-state index contributed by atoms with van der Waals surface area (Å²) in [7, 11) is 1.96. The van der Waals surface area contributed by atoms with Gasteiger partial charge in [0, 0.05) is 25.5 Å². The Labute approximate surface area is 135 Å². The second-order valence-electron chi connectivity index (χ2n) is 6.03. The Kier molecular flexibility index (Phi) is 4.71. The van der Waals surface area contributed by atoms with Crippen LogP contribution in [-0.2, 0) is 0 Å². The van der Waals surface area contributed by atoms with Crippen LogP contribution in [0.4, 0.5) is 0 Å². The van der Waals surface area contributed by atoms with Crippen molar-refractivity contribution in [2.45, 2.75) is 19.3 Å². The van der Waals surface area contributed by atoms with Crippen LogP contribution in [0.25, 0.3) is 5.65 Å². The topological polar surface area (TPSA) is 66.7 Å². The van der Waals surface area contributed by atoms with Crippen LogP contribution in [0.3, 0.4) is 0 Å². The Morgan fingerprint density at radius 3 is 2.87 bits per heavy atom. The molecule has 0 unspecified atom stereocenters. The van der Waals surface area contributed by atoms with Crippen LogP contribution in [0.1, 0.15) is 29.6 Å². The molecule has 0 radical (unpaired) electrons. The van der Waals surface area contributed by atoms with Crippen molar-refractivity contribution in [3.8, 4) is 0 Å². The number of carbonyl (C=O) groups is 1. The molecule has 122 valence electrons. The number of hydrogen-bond donors (Lipinski definition) is 1. The Morgan fingerprint density at radius 1 is 1.35 bits per heavy atom. The molecule has 1 saturated heterocycles. The monoisotopic (exact) mass is 314 g/mol. The molecule has 2 aromatic rings. The normalized spacial score (nSPS) is 16.0. The number of fused-ring (bicyclic) bond motifs is 1. The van der Waals surface area contributed by atoms with Gasteiger partial charge >= 0.3 is 0 Å². The molecule has 0 aromatic carbocycles. The first-order valence-corrected chi connectivity index (χ1v) is 8.11. The van der Waals surface area contributed by atoms with E-state index in [0.29, 0.717) is 24.7 Å². The molecule has 23 heavy (non-hydrogen) atoms. The quantitative estimate of drug-likeness (QED) is 0.919. The van der Waals surface area contributed by atoms with E-state index >= 15 is 0 Å². The van der Waals surface area contributed by atoms with Crippen molar-refractivity contribution in [3.63, 3.8) is 0 Å². The molecule has 3 heterocycles. The maximum atomic E-state index is 12.6. The third-order valence-corrected chi connectivity index (χ3v) is 4.55. The maximum absolute atomic E-state index is 12.6. The van der Waals surface area contributed by atoms with Gasteiger partial charge < -0.3 is 10.2 Å². The summed E-state index contributed by atoms with van der Waals surface area (Å²) in [4.78, 5) is 31.1. The zero-order chi connectivity index (χ0) is 16.2. The van der Waals surface area contributed by atoms with Gasteiger partial charge in [-0.25, -0.2) is 4.98 Å². The summed E-state index contributed by atoms with van der Waals surface area (Å²) >= 11 is 0. The molecule has 2 aromatic heterocycles. The number of hydrogen-bond acceptors (Lipinski definition) is 4. The molecule has 0 saturated carbocycles. The number of carbonyl (C=O) groups excluding carboxylic acids is 1. The minimum atomic E-state index is -0.294. The smallest absolute Gasteiger partial charge is 0.270 e. The van der Waals surface area contributed by atoms with E-state index in [4.69, 9.17) is 0 Å². The number of rotatable bonds is 4. The lowest BCUT2D eigenvalue weighted by molar-refractivity contribution is 0.0684. The van der Waals surface area contributed by atoms with Gasteiger partial charge in [-0.15, -0.1) is 0 Å². The minimum absolute atomic E-state index is 0.155. The zero-order valence-corrected chi connectivity index (χ0v) is 13.4. The number of amides is 1. The van der Waals surface area contributed by atoms with Crippen LogP contribution in [0.2, 0.25) is 0 Å². The Morgan fingerprint density at radius 2 is 2.13 bits per heavy atom. The highest BCUT2D eigenvalue weighted by atomic mass is 16.2. The molecule has 1 aliphatic heterocycles. The van der Waals surface area contributed by atoms with Crippen molar-refractivity contribution >= 4 is 11.6 Å². The van der Waals surface area contributed by atoms with Gasteiger partial charge in [0.05, 0.1) is 0 Å². The molecular formula is C17H22N4O2. The van der Waals surface area contributed by atoms with Crippen molar-refractivity contribution < 1.29 is 4.79 Å². The van der Waals surface area contributed by atoms with Crippen LogP contribution < -0.4 is 10.9 Å². The fourth-order valence-corrected chi connectivity index (χ4v) is 3.12. The summed E-state index contributed by atoms with van der Waals surface area (Å²) in [5.41, 5.74) is 0.417. The SMILES string of the molecule is CNCCC1CCN(C(=O)c2cnc3ccccn3c2=O)CC1. The average Bonchev–Trinajstić information content (AvgIpc) is 2.60. The number of nitrogens with one attached hydrogen (secondary N) is 1. The van der Waals surface area contributed by atoms with Crippen LogP contribution >= 0.6 is 0 Å². The Bertz CT molecular complexity index is 748. The summed E-state index contributed by atoms with van der Waals surface area (Å²) in [6, 6.07) is 5.33. The van der Waals surface area contributed by atoms with Crippen LogP contribution in [-0.4, -0.2) is 46.9 Å². The van der Waals surface area contributed by atoms with Gasteiger partial charge in [0.2, 0.25) is 0 Å². The van der Waals surface area contributed by atoms with Crippen molar-refractivity contribution in [2.24, 2.45) is 5.92 Å². The van der Waals surface area contributed by atoms with Crippen molar-refractivity contribution in [3.05, 3.63) is 46.5 Å². The van der Waals surface area contributed by atoms with E-state index in [2.05, 4.69) is 10.3 Å². The molecule has 1 amide bonds. The number of piperidine rings is 1. The van der Waals surface area contributed by atoms with Gasteiger partial charge in [-0.05, 0) is 50.9 Å². The predicted molar refractivity (Wildman–Crippen MR) is 88.6 cm³/mol. The third kappa shape index (κ3) is 3.27. The molecule has 6 heteroatoms. The van der Waals surface area contributed by atoms with E-state index in [9.17, 15) is 9.59 Å². The molecule has 3 rings (SSSR count). The summed E-state index contributed by atoms with van der Waals surface area (Å²) < 4.78 is 1.42. The first kappa shape index (κ1) is 15.7. The van der Waals surface area contributed by atoms with Gasteiger partial charge in [0.15, 0.2) is 0 Å². The van der Waals surface area contributed by atoms with E-state index in [1.807, 2.05) is 13.1 Å². The van der Waals surface area contributed by atoms with Crippen molar-refractivity contribution in [1.29, 1.82) is 0 Å². The van der Waals surface area contributed by atoms with E-state index in [1.165, 1.54) is 10.6 Å². The van der Waals surface area contributed by atoms with Crippen molar-refractivity contribution in [2.75, 3.05) is 26.7 Å². The molecule has 0 atom stereocenters. The van der Waals surface area contributed by atoms with Crippen LogP contribution in [0.15, 0.2) is 35.4 Å². The number of pyridine rings is 1. The average molecular weight is 314 g/mol. The molecule has 1 N–H and O–H groups in total. The number of aromatic nitrogens is 2. The lowest BCUT2D eigenvalue weighted by atomic mass is 9.93. The zero-order valence-electron chi connectivity index (χ0n) is 13.4. The molecule has 0 bridgehead atoms.